The van der Waals surface area contributed by atoms with Gasteiger partial charge in [-0.1, -0.05) is 6.92 Å². The van der Waals surface area contributed by atoms with Crippen LogP contribution in [-0.4, -0.2) is 47.8 Å². The molecule has 0 atom stereocenters. The number of carbonyl (C=O) groups is 1. The van der Waals surface area contributed by atoms with Crippen molar-refractivity contribution in [2.75, 3.05) is 19.6 Å². The van der Waals surface area contributed by atoms with Gasteiger partial charge in [0.1, 0.15) is 11.6 Å². The van der Waals surface area contributed by atoms with Crippen molar-refractivity contribution in [3.8, 4) is 0 Å². The van der Waals surface area contributed by atoms with Crippen LogP contribution < -0.4 is 5.32 Å². The Hall–Kier alpha value is -2.65. The van der Waals surface area contributed by atoms with E-state index in [1.807, 2.05) is 18.2 Å². The molecule has 32 heavy (non-hydrogen) atoms. The first-order chi connectivity index (χ1) is 15.5. The highest BCUT2D eigenvalue weighted by Gasteiger charge is 2.27. The first-order valence-electron chi connectivity index (χ1n) is 11.3. The van der Waals surface area contributed by atoms with E-state index in [2.05, 4.69) is 16.8 Å². The minimum atomic E-state index is -3.49. The molecule has 1 amide bonds. The van der Waals surface area contributed by atoms with Crippen LogP contribution in [0.4, 0.5) is 0 Å². The molecule has 1 N–H and O–H groups in total. The molecule has 0 radical (unpaired) electrons. The van der Waals surface area contributed by atoms with Gasteiger partial charge in [0.15, 0.2) is 0 Å². The molecule has 0 saturated carbocycles. The SMILES string of the molecule is CCCn1c(CCC(=O)NCCc2ccco2)nc2cc(S(=O)(=O)N3CCCC3)ccc21. The van der Waals surface area contributed by atoms with E-state index in [1.165, 1.54) is 0 Å². The van der Waals surface area contributed by atoms with Crippen molar-refractivity contribution in [3.05, 3.63) is 48.2 Å². The number of furan rings is 1. The molecule has 1 aliphatic heterocycles. The molecule has 4 rings (SSSR count). The highest BCUT2D eigenvalue weighted by molar-refractivity contribution is 7.89. The van der Waals surface area contributed by atoms with Gasteiger partial charge in [-0.05, 0) is 49.6 Å². The smallest absolute Gasteiger partial charge is 0.243 e. The molecule has 172 valence electrons. The highest BCUT2D eigenvalue weighted by Crippen LogP contribution is 2.25. The summed E-state index contributed by atoms with van der Waals surface area (Å²) in [7, 11) is -3.49. The standard InChI is InChI=1S/C23H30N4O4S/c1-2-13-27-21-8-7-19(32(29,30)26-14-3-4-15-26)17-20(21)25-22(27)9-10-23(28)24-12-11-18-6-5-16-31-18/h5-8,16-17H,2-4,9-15H2,1H3,(H,24,28). The molecule has 1 aliphatic rings. The maximum atomic E-state index is 12.9. The molecule has 1 aromatic carbocycles. The molecule has 2 aromatic heterocycles. The van der Waals surface area contributed by atoms with Crippen LogP contribution in [0.25, 0.3) is 11.0 Å². The van der Waals surface area contributed by atoms with Crippen molar-refractivity contribution >= 4 is 27.0 Å². The monoisotopic (exact) mass is 458 g/mol. The second kappa shape index (κ2) is 9.87. The van der Waals surface area contributed by atoms with Gasteiger partial charge in [0.25, 0.3) is 0 Å². The normalized spacial score (nSPS) is 14.9. The summed E-state index contributed by atoms with van der Waals surface area (Å²) in [6.07, 6.45) is 5.82. The zero-order valence-corrected chi connectivity index (χ0v) is 19.2. The molecule has 0 aliphatic carbocycles. The van der Waals surface area contributed by atoms with Gasteiger partial charge in [-0.15, -0.1) is 0 Å². The Balaban J connectivity index is 1.46. The Morgan fingerprint density at radius 2 is 2.00 bits per heavy atom. The summed E-state index contributed by atoms with van der Waals surface area (Å²) in [4.78, 5) is 17.3. The van der Waals surface area contributed by atoms with E-state index in [0.29, 0.717) is 44.4 Å². The molecule has 3 heterocycles. The maximum absolute atomic E-state index is 12.9. The van der Waals surface area contributed by atoms with Crippen molar-refractivity contribution in [2.24, 2.45) is 0 Å². The molecule has 3 aromatic rings. The average Bonchev–Trinajstić information content (AvgIpc) is 3.54. The van der Waals surface area contributed by atoms with Crippen molar-refractivity contribution in [3.63, 3.8) is 0 Å². The van der Waals surface area contributed by atoms with Crippen molar-refractivity contribution in [1.29, 1.82) is 0 Å². The Labute approximate surface area is 188 Å². The van der Waals surface area contributed by atoms with Gasteiger partial charge in [0, 0.05) is 45.4 Å². The minimum Gasteiger partial charge on any atom is -0.469 e. The lowest BCUT2D eigenvalue weighted by atomic mass is 10.2. The van der Waals surface area contributed by atoms with Gasteiger partial charge in [-0.3, -0.25) is 4.79 Å². The van der Waals surface area contributed by atoms with Crippen LogP contribution in [0, 0.1) is 0 Å². The summed E-state index contributed by atoms with van der Waals surface area (Å²) in [6, 6.07) is 8.90. The predicted octanol–water partition coefficient (Wildman–Crippen LogP) is 3.12. The number of amides is 1. The van der Waals surface area contributed by atoms with Crippen LogP contribution >= 0.6 is 0 Å². The Morgan fingerprint density at radius 1 is 1.19 bits per heavy atom. The van der Waals surface area contributed by atoms with Gasteiger partial charge in [0.2, 0.25) is 15.9 Å². The summed E-state index contributed by atoms with van der Waals surface area (Å²) in [5, 5.41) is 2.92. The van der Waals surface area contributed by atoms with Crippen LogP contribution in [0.3, 0.4) is 0 Å². The lowest BCUT2D eigenvalue weighted by Crippen LogP contribution is -2.27. The molecule has 9 heteroatoms. The van der Waals surface area contributed by atoms with Crippen molar-refractivity contribution in [2.45, 2.75) is 56.9 Å². The van der Waals surface area contributed by atoms with Crippen LogP contribution in [0.2, 0.25) is 0 Å². The second-order valence-corrected chi connectivity index (χ2v) is 10.1. The predicted molar refractivity (Wildman–Crippen MR) is 122 cm³/mol. The number of hydrogen-bond donors (Lipinski definition) is 1. The fraction of sp³-hybridized carbons (Fsp3) is 0.478. The van der Waals surface area contributed by atoms with Crippen LogP contribution in [0.15, 0.2) is 45.9 Å². The molecule has 0 unspecified atom stereocenters. The third kappa shape index (κ3) is 4.88. The summed E-state index contributed by atoms with van der Waals surface area (Å²) in [5.74, 6) is 1.61. The lowest BCUT2D eigenvalue weighted by Gasteiger charge is -2.15. The number of aryl methyl sites for hydroxylation is 2. The van der Waals surface area contributed by atoms with Gasteiger partial charge >= 0.3 is 0 Å². The van der Waals surface area contributed by atoms with Crippen molar-refractivity contribution in [1.82, 2.24) is 19.2 Å². The van der Waals surface area contributed by atoms with Gasteiger partial charge in [-0.25, -0.2) is 13.4 Å². The van der Waals surface area contributed by atoms with E-state index in [4.69, 9.17) is 9.40 Å². The fourth-order valence-corrected chi connectivity index (χ4v) is 5.69. The van der Waals surface area contributed by atoms with Crippen LogP contribution in [0.5, 0.6) is 0 Å². The average molecular weight is 459 g/mol. The fourth-order valence-electron chi connectivity index (χ4n) is 4.16. The Bertz CT molecular complexity index is 1160. The van der Waals surface area contributed by atoms with E-state index in [1.54, 1.807) is 22.7 Å². The molecule has 8 nitrogen and oxygen atoms in total. The number of imidazole rings is 1. The number of aromatic nitrogens is 2. The Kier molecular flexibility index (Phi) is 6.95. The van der Waals surface area contributed by atoms with E-state index >= 15 is 0 Å². The second-order valence-electron chi connectivity index (χ2n) is 8.12. The highest BCUT2D eigenvalue weighted by atomic mass is 32.2. The summed E-state index contributed by atoms with van der Waals surface area (Å²) in [5.41, 5.74) is 1.56. The number of carbonyl (C=O) groups excluding carboxylic acids is 1. The first kappa shape index (κ1) is 22.5. The summed E-state index contributed by atoms with van der Waals surface area (Å²) in [6.45, 7) is 4.53. The molecular weight excluding hydrogens is 428 g/mol. The number of sulfonamides is 1. The topological polar surface area (TPSA) is 97.4 Å². The number of nitrogens with one attached hydrogen (secondary N) is 1. The Morgan fingerprint density at radius 3 is 2.72 bits per heavy atom. The van der Waals surface area contributed by atoms with Gasteiger partial charge in [0.05, 0.1) is 22.2 Å². The van der Waals surface area contributed by atoms with Crippen LogP contribution in [0.1, 0.15) is 44.2 Å². The zero-order valence-electron chi connectivity index (χ0n) is 18.4. The molecule has 0 spiro atoms. The molecular formula is C23H30N4O4S. The third-order valence-electron chi connectivity index (χ3n) is 5.80. The van der Waals surface area contributed by atoms with Gasteiger partial charge in [-0.2, -0.15) is 4.31 Å². The van der Waals surface area contributed by atoms with E-state index in [-0.39, 0.29) is 10.8 Å². The third-order valence-corrected chi connectivity index (χ3v) is 7.69. The van der Waals surface area contributed by atoms with E-state index in [9.17, 15) is 13.2 Å². The minimum absolute atomic E-state index is 0.0380. The summed E-state index contributed by atoms with van der Waals surface area (Å²) < 4.78 is 34.8. The quantitative estimate of drug-likeness (QED) is 0.503. The number of hydrogen-bond acceptors (Lipinski definition) is 5. The van der Waals surface area contributed by atoms with E-state index < -0.39 is 10.0 Å². The van der Waals surface area contributed by atoms with Gasteiger partial charge < -0.3 is 14.3 Å². The van der Waals surface area contributed by atoms with Crippen LogP contribution in [-0.2, 0) is 34.2 Å². The maximum Gasteiger partial charge on any atom is 0.243 e. The molecule has 1 saturated heterocycles. The van der Waals surface area contributed by atoms with Crippen molar-refractivity contribution < 1.29 is 17.6 Å². The molecule has 1 fully saturated rings. The summed E-state index contributed by atoms with van der Waals surface area (Å²) >= 11 is 0. The number of rotatable bonds is 10. The molecule has 0 bridgehead atoms. The van der Waals surface area contributed by atoms with E-state index in [0.717, 1.165) is 42.9 Å². The first-order valence-corrected chi connectivity index (χ1v) is 12.7. The largest absolute Gasteiger partial charge is 0.469 e. The number of benzene rings is 1. The zero-order chi connectivity index (χ0) is 22.6. The number of nitrogens with zero attached hydrogens (tertiary/aromatic N) is 3. The number of fused-ring (bicyclic) bond motifs is 1. The lowest BCUT2D eigenvalue weighted by molar-refractivity contribution is -0.121.